The van der Waals surface area contributed by atoms with Crippen molar-refractivity contribution in [2.45, 2.75) is 51.7 Å². The van der Waals surface area contributed by atoms with Crippen LogP contribution in [0.3, 0.4) is 0 Å². The summed E-state index contributed by atoms with van der Waals surface area (Å²) in [6.45, 7) is 5.06. The first-order chi connectivity index (χ1) is 9.41. The SMILES string of the molecule is CC1(C)C(NC(=O)[C@@H]2CC[C@H](C(=O)O)C2)C2CCOC21. The Kier molecular flexibility index (Phi) is 3.27. The van der Waals surface area contributed by atoms with E-state index in [9.17, 15) is 9.59 Å². The number of carboxylic acids is 1. The van der Waals surface area contributed by atoms with Crippen LogP contribution in [0.15, 0.2) is 0 Å². The highest BCUT2D eigenvalue weighted by Gasteiger charge is 2.60. The van der Waals surface area contributed by atoms with Crippen LogP contribution in [0.1, 0.15) is 39.5 Å². The lowest BCUT2D eigenvalue weighted by Crippen LogP contribution is -2.67. The molecule has 20 heavy (non-hydrogen) atoms. The largest absolute Gasteiger partial charge is 0.481 e. The molecule has 0 bridgehead atoms. The number of aliphatic carboxylic acids is 1. The number of rotatable bonds is 3. The number of ether oxygens (including phenoxy) is 1. The van der Waals surface area contributed by atoms with Crippen molar-refractivity contribution >= 4 is 11.9 Å². The second-order valence-electron chi connectivity index (χ2n) is 7.10. The number of carbonyl (C=O) groups is 2. The summed E-state index contributed by atoms with van der Waals surface area (Å²) in [5.74, 6) is -0.771. The van der Waals surface area contributed by atoms with E-state index in [1.54, 1.807) is 0 Å². The second-order valence-corrected chi connectivity index (χ2v) is 7.10. The maximum absolute atomic E-state index is 12.3. The molecule has 1 heterocycles. The van der Waals surface area contributed by atoms with Crippen LogP contribution in [-0.4, -0.2) is 35.7 Å². The molecular weight excluding hydrogens is 258 g/mol. The highest BCUT2D eigenvalue weighted by atomic mass is 16.5. The molecule has 5 atom stereocenters. The molecule has 2 saturated carbocycles. The summed E-state index contributed by atoms with van der Waals surface area (Å²) < 4.78 is 5.72. The summed E-state index contributed by atoms with van der Waals surface area (Å²) in [5.41, 5.74) is -0.0123. The zero-order valence-corrected chi connectivity index (χ0v) is 12.1. The first kappa shape index (κ1) is 13.9. The average molecular weight is 281 g/mol. The van der Waals surface area contributed by atoms with Crippen LogP contribution in [0.2, 0.25) is 0 Å². The molecule has 5 heteroatoms. The smallest absolute Gasteiger partial charge is 0.306 e. The molecule has 112 valence electrons. The van der Waals surface area contributed by atoms with Crippen molar-refractivity contribution in [2.75, 3.05) is 6.61 Å². The van der Waals surface area contributed by atoms with Gasteiger partial charge in [0.1, 0.15) is 0 Å². The molecule has 2 N–H and O–H groups in total. The predicted molar refractivity (Wildman–Crippen MR) is 72.0 cm³/mol. The van der Waals surface area contributed by atoms with Crippen molar-refractivity contribution in [3.8, 4) is 0 Å². The van der Waals surface area contributed by atoms with Gasteiger partial charge in [0.2, 0.25) is 5.91 Å². The van der Waals surface area contributed by atoms with Gasteiger partial charge in [0.25, 0.3) is 0 Å². The fourth-order valence-corrected chi connectivity index (χ4v) is 4.33. The fourth-order valence-electron chi connectivity index (χ4n) is 4.33. The molecule has 0 spiro atoms. The van der Waals surface area contributed by atoms with E-state index in [0.717, 1.165) is 13.0 Å². The van der Waals surface area contributed by atoms with Crippen molar-refractivity contribution in [3.63, 3.8) is 0 Å². The number of carbonyl (C=O) groups excluding carboxylic acids is 1. The van der Waals surface area contributed by atoms with E-state index >= 15 is 0 Å². The minimum atomic E-state index is -0.770. The van der Waals surface area contributed by atoms with Gasteiger partial charge in [0.15, 0.2) is 0 Å². The van der Waals surface area contributed by atoms with Gasteiger partial charge in [-0.3, -0.25) is 9.59 Å². The molecule has 1 saturated heterocycles. The molecule has 0 aromatic rings. The van der Waals surface area contributed by atoms with Gasteiger partial charge >= 0.3 is 5.97 Å². The zero-order chi connectivity index (χ0) is 14.5. The highest BCUT2D eigenvalue weighted by Crippen LogP contribution is 2.52. The minimum Gasteiger partial charge on any atom is -0.481 e. The number of hydrogen-bond donors (Lipinski definition) is 2. The van der Waals surface area contributed by atoms with E-state index in [1.165, 1.54) is 0 Å². The number of nitrogens with one attached hydrogen (secondary N) is 1. The molecule has 1 aliphatic heterocycles. The van der Waals surface area contributed by atoms with Gasteiger partial charge in [-0.2, -0.15) is 0 Å². The lowest BCUT2D eigenvalue weighted by molar-refractivity contribution is -0.142. The Labute approximate surface area is 119 Å². The normalized spacial score (nSPS) is 41.8. The molecule has 2 aliphatic carbocycles. The van der Waals surface area contributed by atoms with Crippen molar-refractivity contribution in [1.82, 2.24) is 5.32 Å². The molecule has 3 rings (SSSR count). The van der Waals surface area contributed by atoms with Crippen LogP contribution in [-0.2, 0) is 14.3 Å². The van der Waals surface area contributed by atoms with Gasteiger partial charge < -0.3 is 15.2 Å². The Morgan fingerprint density at radius 3 is 2.55 bits per heavy atom. The Morgan fingerprint density at radius 2 is 1.90 bits per heavy atom. The van der Waals surface area contributed by atoms with Crippen LogP contribution in [0.25, 0.3) is 0 Å². The zero-order valence-electron chi connectivity index (χ0n) is 12.1. The predicted octanol–water partition coefficient (Wildman–Crippen LogP) is 1.42. The summed E-state index contributed by atoms with van der Waals surface area (Å²) in [6.07, 6.45) is 3.08. The van der Waals surface area contributed by atoms with Gasteiger partial charge in [-0.1, -0.05) is 13.8 Å². The van der Waals surface area contributed by atoms with Crippen molar-refractivity contribution < 1.29 is 19.4 Å². The second kappa shape index (κ2) is 4.72. The van der Waals surface area contributed by atoms with Gasteiger partial charge in [-0.15, -0.1) is 0 Å². The van der Waals surface area contributed by atoms with Crippen LogP contribution < -0.4 is 5.32 Å². The van der Waals surface area contributed by atoms with Crippen LogP contribution in [0, 0.1) is 23.2 Å². The van der Waals surface area contributed by atoms with Crippen LogP contribution in [0.5, 0.6) is 0 Å². The minimum absolute atomic E-state index is 0.0123. The molecule has 3 aliphatic rings. The molecule has 0 aromatic heterocycles. The first-order valence-electron chi connectivity index (χ1n) is 7.56. The number of carboxylic acid groups (broad SMARTS) is 1. The Bertz CT molecular complexity index is 434. The third kappa shape index (κ3) is 2.03. The van der Waals surface area contributed by atoms with E-state index in [1.807, 2.05) is 0 Å². The fraction of sp³-hybridized carbons (Fsp3) is 0.867. The maximum atomic E-state index is 12.3. The van der Waals surface area contributed by atoms with Crippen LogP contribution in [0.4, 0.5) is 0 Å². The molecule has 0 aromatic carbocycles. The van der Waals surface area contributed by atoms with E-state index in [4.69, 9.17) is 9.84 Å². The van der Waals surface area contributed by atoms with E-state index in [-0.39, 0.29) is 35.3 Å². The number of fused-ring (bicyclic) bond motifs is 1. The summed E-state index contributed by atoms with van der Waals surface area (Å²) in [7, 11) is 0. The number of amides is 1. The van der Waals surface area contributed by atoms with Gasteiger partial charge in [-0.05, 0) is 25.7 Å². The summed E-state index contributed by atoms with van der Waals surface area (Å²) in [6, 6.07) is 0.173. The quantitative estimate of drug-likeness (QED) is 0.820. The van der Waals surface area contributed by atoms with Crippen molar-refractivity contribution in [3.05, 3.63) is 0 Å². The lowest BCUT2D eigenvalue weighted by atomic mass is 9.57. The number of hydrogen-bond acceptors (Lipinski definition) is 3. The van der Waals surface area contributed by atoms with Gasteiger partial charge in [0, 0.05) is 29.9 Å². The Morgan fingerprint density at radius 1 is 1.20 bits per heavy atom. The molecular formula is C15H23NO4. The lowest BCUT2D eigenvalue weighted by Gasteiger charge is -2.54. The molecule has 3 fully saturated rings. The van der Waals surface area contributed by atoms with Crippen LogP contribution >= 0.6 is 0 Å². The summed E-state index contributed by atoms with van der Waals surface area (Å²) in [5, 5.41) is 12.2. The molecule has 3 unspecified atom stereocenters. The third-order valence-corrected chi connectivity index (χ3v) is 5.55. The Hall–Kier alpha value is -1.10. The van der Waals surface area contributed by atoms with Gasteiger partial charge in [0.05, 0.1) is 12.0 Å². The van der Waals surface area contributed by atoms with E-state index < -0.39 is 5.97 Å². The van der Waals surface area contributed by atoms with E-state index in [0.29, 0.717) is 25.2 Å². The standard InChI is InChI=1S/C15H23NO4/c1-15(2)11(10-5-6-20-12(10)15)16-13(17)8-3-4-9(7-8)14(18)19/h8-12H,3-7H2,1-2H3,(H,16,17)(H,18,19)/t8-,9+,10?,11?,12?/m1/s1. The monoisotopic (exact) mass is 281 g/mol. The summed E-state index contributed by atoms with van der Waals surface area (Å²) >= 11 is 0. The van der Waals surface area contributed by atoms with E-state index in [2.05, 4.69) is 19.2 Å². The van der Waals surface area contributed by atoms with Crippen molar-refractivity contribution in [2.24, 2.45) is 23.2 Å². The third-order valence-electron chi connectivity index (χ3n) is 5.55. The van der Waals surface area contributed by atoms with Gasteiger partial charge in [-0.25, -0.2) is 0 Å². The molecule has 1 amide bonds. The average Bonchev–Trinajstić information content (AvgIpc) is 3.03. The molecule has 5 nitrogen and oxygen atoms in total. The first-order valence-corrected chi connectivity index (χ1v) is 7.56. The topological polar surface area (TPSA) is 75.6 Å². The summed E-state index contributed by atoms with van der Waals surface area (Å²) in [4.78, 5) is 23.3. The van der Waals surface area contributed by atoms with Crippen molar-refractivity contribution in [1.29, 1.82) is 0 Å². The highest BCUT2D eigenvalue weighted by molar-refractivity contribution is 5.81. The Balaban J connectivity index is 1.59. The molecule has 0 radical (unpaired) electrons. The maximum Gasteiger partial charge on any atom is 0.306 e.